The zero-order valence-corrected chi connectivity index (χ0v) is 10.2. The number of carbonyl (C=O) groups excluding carboxylic acids is 1. The molecule has 0 saturated heterocycles. The molecule has 0 fully saturated rings. The van der Waals surface area contributed by atoms with Gasteiger partial charge in [-0.05, 0) is 12.1 Å². The van der Waals surface area contributed by atoms with Crippen LogP contribution >= 0.6 is 7.60 Å². The Morgan fingerprint density at radius 2 is 2.33 bits per heavy atom. The average molecular weight is 269 g/mol. The summed E-state index contributed by atoms with van der Waals surface area (Å²) in [6.45, 7) is 0. The van der Waals surface area contributed by atoms with E-state index < -0.39 is 19.8 Å². The first kappa shape index (κ1) is 12.8. The number of hydrogen-bond acceptors (Lipinski definition) is 4. The van der Waals surface area contributed by atoms with E-state index in [0.717, 1.165) is 11.4 Å². The summed E-state index contributed by atoms with van der Waals surface area (Å²) < 4.78 is 10.6. The fourth-order valence-corrected chi connectivity index (χ4v) is 1.89. The average Bonchev–Trinajstić information content (AvgIpc) is 2.34. The number of nitrogens with zero attached hydrogens (tertiary/aromatic N) is 1. The van der Waals surface area contributed by atoms with Gasteiger partial charge in [0.1, 0.15) is 6.29 Å². The highest BCUT2D eigenvalue weighted by molar-refractivity contribution is 7.51. The summed E-state index contributed by atoms with van der Waals surface area (Å²) in [6.07, 6.45) is 2.80. The van der Waals surface area contributed by atoms with Crippen molar-refractivity contribution in [2.75, 3.05) is 11.6 Å². The van der Waals surface area contributed by atoms with Gasteiger partial charge in [-0.25, -0.2) is 0 Å². The predicted molar refractivity (Wildman–Crippen MR) is 64.7 cm³/mol. The Morgan fingerprint density at radius 3 is 3.06 bits per heavy atom. The summed E-state index contributed by atoms with van der Waals surface area (Å²) in [5.74, 6) is -0.512. The fraction of sp³-hybridized carbons (Fsp3) is 0.200. The van der Waals surface area contributed by atoms with Crippen molar-refractivity contribution in [1.29, 1.82) is 0 Å². The first-order valence-corrected chi connectivity index (χ1v) is 6.98. The Bertz CT molecular complexity index is 552. The van der Waals surface area contributed by atoms with Crippen LogP contribution in [0, 0.1) is 0 Å². The van der Waals surface area contributed by atoms with Gasteiger partial charge in [0.15, 0.2) is 0 Å². The number of anilines is 1. The lowest BCUT2D eigenvalue weighted by Crippen LogP contribution is -2.28. The van der Waals surface area contributed by atoms with Crippen LogP contribution in [-0.4, -0.2) is 27.0 Å². The molecule has 0 radical (unpaired) electrons. The topological polar surface area (TPSA) is 112 Å². The Labute approximate surface area is 103 Å². The molecule has 96 valence electrons. The fourth-order valence-electron chi connectivity index (χ4n) is 1.54. The van der Waals surface area contributed by atoms with E-state index in [1.54, 1.807) is 12.3 Å². The standard InChI is InChI=1S/C10H12N3O4P/c14-10(13-6-18(15,16)17)7-4-9-8(12-5-7)2-1-3-11-9/h1-3,5,12H,4,6H2,(H,13,14)(H2,15,16,17). The lowest BCUT2D eigenvalue weighted by Gasteiger charge is -2.17. The van der Waals surface area contributed by atoms with E-state index in [-0.39, 0.29) is 0 Å². The molecule has 1 aromatic rings. The highest BCUT2D eigenvalue weighted by atomic mass is 31.2. The van der Waals surface area contributed by atoms with Crippen LogP contribution in [0.15, 0.2) is 30.1 Å². The molecule has 0 aromatic carbocycles. The first-order valence-electron chi connectivity index (χ1n) is 5.18. The molecule has 1 aliphatic rings. The molecule has 0 saturated carbocycles. The predicted octanol–water partition coefficient (Wildman–Crippen LogP) is 0.185. The van der Waals surface area contributed by atoms with Gasteiger partial charge in [-0.3, -0.25) is 14.3 Å². The van der Waals surface area contributed by atoms with E-state index in [1.165, 1.54) is 6.20 Å². The Kier molecular flexibility index (Phi) is 3.47. The van der Waals surface area contributed by atoms with Crippen LogP contribution in [0.5, 0.6) is 0 Å². The van der Waals surface area contributed by atoms with Crippen molar-refractivity contribution in [3.05, 3.63) is 35.8 Å². The Balaban J connectivity index is 2.02. The molecule has 1 aliphatic heterocycles. The molecule has 2 rings (SSSR count). The van der Waals surface area contributed by atoms with Gasteiger partial charge in [0.05, 0.1) is 11.4 Å². The van der Waals surface area contributed by atoms with Gasteiger partial charge in [0.2, 0.25) is 5.91 Å². The SMILES string of the molecule is O=C(NCP(=O)(O)O)C1=CNc2cccnc2C1. The van der Waals surface area contributed by atoms with Crippen LogP contribution in [0.1, 0.15) is 5.69 Å². The van der Waals surface area contributed by atoms with Gasteiger partial charge in [-0.1, -0.05) is 0 Å². The number of rotatable bonds is 3. The largest absolute Gasteiger partial charge is 0.360 e. The number of fused-ring (bicyclic) bond motifs is 1. The highest BCUT2D eigenvalue weighted by Gasteiger charge is 2.20. The molecule has 0 unspecified atom stereocenters. The third kappa shape index (κ3) is 3.16. The van der Waals surface area contributed by atoms with Crippen molar-refractivity contribution in [2.45, 2.75) is 6.42 Å². The van der Waals surface area contributed by atoms with Crippen LogP contribution in [0.25, 0.3) is 0 Å². The smallest absolute Gasteiger partial charge is 0.344 e. The summed E-state index contributed by atoms with van der Waals surface area (Å²) in [6, 6.07) is 3.61. The second-order valence-corrected chi connectivity index (χ2v) is 5.46. The maximum atomic E-state index is 11.7. The molecule has 2 heterocycles. The van der Waals surface area contributed by atoms with E-state index >= 15 is 0 Å². The number of nitrogens with one attached hydrogen (secondary N) is 2. The van der Waals surface area contributed by atoms with Crippen molar-refractivity contribution >= 4 is 19.2 Å². The van der Waals surface area contributed by atoms with E-state index in [0.29, 0.717) is 12.0 Å². The van der Waals surface area contributed by atoms with Crippen molar-refractivity contribution < 1.29 is 19.1 Å². The molecule has 0 bridgehead atoms. The monoisotopic (exact) mass is 269 g/mol. The van der Waals surface area contributed by atoms with Gasteiger partial charge in [-0.2, -0.15) is 0 Å². The van der Waals surface area contributed by atoms with E-state index in [9.17, 15) is 9.36 Å². The van der Waals surface area contributed by atoms with Crippen molar-refractivity contribution in [2.24, 2.45) is 0 Å². The normalized spacial score (nSPS) is 14.2. The third-order valence-corrected chi connectivity index (χ3v) is 2.96. The minimum absolute atomic E-state index is 0.330. The van der Waals surface area contributed by atoms with Crippen LogP contribution < -0.4 is 10.6 Å². The number of carbonyl (C=O) groups is 1. The Hall–Kier alpha value is -1.69. The number of hydrogen-bond donors (Lipinski definition) is 4. The molecule has 8 heteroatoms. The maximum absolute atomic E-state index is 11.7. The van der Waals surface area contributed by atoms with Crippen molar-refractivity contribution in [3.63, 3.8) is 0 Å². The lowest BCUT2D eigenvalue weighted by atomic mass is 10.1. The molecule has 0 aliphatic carbocycles. The summed E-state index contributed by atoms with van der Waals surface area (Å²) in [4.78, 5) is 33.1. The molecule has 1 amide bonds. The third-order valence-electron chi connectivity index (χ3n) is 2.39. The van der Waals surface area contributed by atoms with Crippen LogP contribution in [-0.2, 0) is 15.8 Å². The van der Waals surface area contributed by atoms with Crippen LogP contribution in [0.2, 0.25) is 0 Å². The molecule has 7 nitrogen and oxygen atoms in total. The molecule has 18 heavy (non-hydrogen) atoms. The van der Waals surface area contributed by atoms with E-state index in [1.807, 2.05) is 6.07 Å². The first-order chi connectivity index (χ1) is 8.46. The van der Waals surface area contributed by atoms with Gasteiger partial charge in [-0.15, -0.1) is 0 Å². The van der Waals surface area contributed by atoms with Crippen LogP contribution in [0.4, 0.5) is 5.69 Å². The van der Waals surface area contributed by atoms with Gasteiger partial charge in [0, 0.05) is 24.4 Å². The number of aromatic nitrogens is 1. The summed E-state index contributed by atoms with van der Waals surface area (Å²) >= 11 is 0. The molecule has 0 spiro atoms. The summed E-state index contributed by atoms with van der Waals surface area (Å²) in [5, 5.41) is 5.10. The summed E-state index contributed by atoms with van der Waals surface area (Å²) in [5.41, 5.74) is 1.93. The van der Waals surface area contributed by atoms with Crippen molar-refractivity contribution in [1.82, 2.24) is 10.3 Å². The van der Waals surface area contributed by atoms with Gasteiger partial charge >= 0.3 is 7.60 Å². The molecule has 0 atom stereocenters. The quantitative estimate of drug-likeness (QED) is 0.583. The van der Waals surface area contributed by atoms with Crippen molar-refractivity contribution in [3.8, 4) is 0 Å². The van der Waals surface area contributed by atoms with Gasteiger partial charge < -0.3 is 20.4 Å². The second-order valence-electron chi connectivity index (χ2n) is 3.82. The number of amides is 1. The summed E-state index contributed by atoms with van der Waals surface area (Å²) in [7, 11) is -4.23. The van der Waals surface area contributed by atoms with Crippen LogP contribution in [0.3, 0.4) is 0 Å². The minimum Gasteiger partial charge on any atom is -0.360 e. The molecule has 4 N–H and O–H groups in total. The second kappa shape index (κ2) is 4.89. The minimum atomic E-state index is -4.23. The molecular formula is C10H12N3O4P. The zero-order valence-electron chi connectivity index (χ0n) is 9.33. The highest BCUT2D eigenvalue weighted by Crippen LogP contribution is 2.32. The maximum Gasteiger partial charge on any atom is 0.344 e. The molecule has 1 aromatic heterocycles. The lowest BCUT2D eigenvalue weighted by molar-refractivity contribution is -0.117. The van der Waals surface area contributed by atoms with E-state index in [4.69, 9.17) is 9.79 Å². The number of pyridine rings is 1. The van der Waals surface area contributed by atoms with Gasteiger partial charge in [0.25, 0.3) is 0 Å². The van der Waals surface area contributed by atoms with E-state index in [2.05, 4.69) is 15.6 Å². The molecular weight excluding hydrogens is 257 g/mol. The Morgan fingerprint density at radius 1 is 1.56 bits per heavy atom. The zero-order chi connectivity index (χ0) is 13.2.